The highest BCUT2D eigenvalue weighted by Gasteiger charge is 2.25. The summed E-state index contributed by atoms with van der Waals surface area (Å²) in [6.45, 7) is 5.08. The number of piperidine rings is 1. The van der Waals surface area contributed by atoms with Crippen LogP contribution in [-0.2, 0) is 11.2 Å². The molecule has 0 N–H and O–H groups in total. The Kier molecular flexibility index (Phi) is 4.79. The smallest absolute Gasteiger partial charge is 0.228 e. The maximum Gasteiger partial charge on any atom is 0.228 e. The fraction of sp³-hybridized carbons (Fsp3) is 0.474. The van der Waals surface area contributed by atoms with Gasteiger partial charge in [0.1, 0.15) is 0 Å². The number of hydrogen-bond acceptors (Lipinski definition) is 3. The first-order valence-corrected chi connectivity index (χ1v) is 8.49. The number of likely N-dealkylation sites (tertiary alicyclic amines) is 1. The minimum absolute atomic E-state index is 0.167. The summed E-state index contributed by atoms with van der Waals surface area (Å²) in [5.41, 5.74) is 2.91. The maximum absolute atomic E-state index is 12.6. The molecule has 122 valence electrons. The van der Waals surface area contributed by atoms with Gasteiger partial charge in [-0.2, -0.15) is 0 Å². The zero-order valence-electron chi connectivity index (χ0n) is 13.9. The van der Waals surface area contributed by atoms with E-state index in [1.165, 1.54) is 12.0 Å². The molecular weight excluding hydrogens is 288 g/mol. The van der Waals surface area contributed by atoms with Gasteiger partial charge >= 0.3 is 0 Å². The predicted octanol–water partition coefficient (Wildman–Crippen LogP) is 3.98. The average Bonchev–Trinajstić information content (AvgIpc) is 3.04. The molecule has 0 aliphatic carbocycles. The Morgan fingerprint density at radius 3 is 2.83 bits per heavy atom. The second kappa shape index (κ2) is 6.99. The number of aryl methyl sites for hydroxylation is 1. The number of amides is 1. The van der Waals surface area contributed by atoms with Gasteiger partial charge in [0.15, 0.2) is 5.76 Å². The first-order valence-electron chi connectivity index (χ1n) is 8.49. The second-order valence-electron chi connectivity index (χ2n) is 6.37. The molecule has 1 unspecified atom stereocenters. The molecule has 0 bridgehead atoms. The van der Waals surface area contributed by atoms with E-state index in [2.05, 4.69) is 19.0 Å². The SMILES string of the molecule is CCC1CCCCN1C(=O)Cc1cc(-c2ccc(C)cc2)on1. The van der Waals surface area contributed by atoms with E-state index in [1.54, 1.807) is 0 Å². The van der Waals surface area contributed by atoms with Gasteiger partial charge in [0.2, 0.25) is 5.91 Å². The quantitative estimate of drug-likeness (QED) is 0.857. The Balaban J connectivity index is 1.68. The molecule has 2 aromatic rings. The summed E-state index contributed by atoms with van der Waals surface area (Å²) in [4.78, 5) is 14.6. The van der Waals surface area contributed by atoms with E-state index in [0.29, 0.717) is 18.2 Å². The van der Waals surface area contributed by atoms with E-state index < -0.39 is 0 Å². The highest BCUT2D eigenvalue weighted by Crippen LogP contribution is 2.23. The zero-order valence-corrected chi connectivity index (χ0v) is 13.9. The normalized spacial score (nSPS) is 18.2. The van der Waals surface area contributed by atoms with E-state index >= 15 is 0 Å². The number of nitrogens with zero attached hydrogens (tertiary/aromatic N) is 2. The van der Waals surface area contributed by atoms with Crippen molar-refractivity contribution >= 4 is 5.91 Å². The second-order valence-corrected chi connectivity index (χ2v) is 6.37. The summed E-state index contributed by atoms with van der Waals surface area (Å²) in [5.74, 6) is 0.888. The third-order valence-corrected chi connectivity index (χ3v) is 4.65. The average molecular weight is 312 g/mol. The van der Waals surface area contributed by atoms with Gasteiger partial charge in [-0.05, 0) is 32.6 Å². The van der Waals surface area contributed by atoms with E-state index in [0.717, 1.165) is 37.1 Å². The predicted molar refractivity (Wildman–Crippen MR) is 90.0 cm³/mol. The van der Waals surface area contributed by atoms with Crippen LogP contribution in [0, 0.1) is 6.92 Å². The number of aromatic nitrogens is 1. The highest BCUT2D eigenvalue weighted by molar-refractivity contribution is 5.79. The lowest BCUT2D eigenvalue weighted by atomic mass is 9.99. The molecule has 4 heteroatoms. The molecule has 4 nitrogen and oxygen atoms in total. The Morgan fingerprint density at radius 1 is 1.30 bits per heavy atom. The van der Waals surface area contributed by atoms with Gasteiger partial charge in [-0.3, -0.25) is 4.79 Å². The van der Waals surface area contributed by atoms with E-state index in [-0.39, 0.29) is 5.91 Å². The summed E-state index contributed by atoms with van der Waals surface area (Å²) < 4.78 is 5.41. The minimum Gasteiger partial charge on any atom is -0.356 e. The molecule has 1 fully saturated rings. The van der Waals surface area contributed by atoms with Gasteiger partial charge in [0.05, 0.1) is 12.1 Å². The van der Waals surface area contributed by atoms with Crippen LogP contribution in [-0.4, -0.2) is 28.6 Å². The summed E-state index contributed by atoms with van der Waals surface area (Å²) in [6.07, 6.45) is 4.81. The van der Waals surface area contributed by atoms with Crippen LogP contribution in [0.1, 0.15) is 43.9 Å². The van der Waals surface area contributed by atoms with Crippen molar-refractivity contribution in [2.24, 2.45) is 0 Å². The van der Waals surface area contributed by atoms with Gasteiger partial charge in [-0.1, -0.05) is 41.9 Å². The van der Waals surface area contributed by atoms with Crippen LogP contribution in [0.3, 0.4) is 0 Å². The molecule has 0 spiro atoms. The maximum atomic E-state index is 12.6. The topological polar surface area (TPSA) is 46.3 Å². The summed E-state index contributed by atoms with van der Waals surface area (Å²) in [7, 11) is 0. The van der Waals surface area contributed by atoms with Crippen molar-refractivity contribution in [2.75, 3.05) is 6.54 Å². The molecule has 1 atom stereocenters. The fourth-order valence-corrected chi connectivity index (χ4v) is 3.26. The monoisotopic (exact) mass is 312 g/mol. The van der Waals surface area contributed by atoms with Gasteiger partial charge in [-0.25, -0.2) is 0 Å². The van der Waals surface area contributed by atoms with Crippen molar-refractivity contribution in [3.8, 4) is 11.3 Å². The third-order valence-electron chi connectivity index (χ3n) is 4.65. The Hall–Kier alpha value is -2.10. The fourth-order valence-electron chi connectivity index (χ4n) is 3.26. The molecule has 1 aromatic carbocycles. The summed E-state index contributed by atoms with van der Waals surface area (Å²) in [5, 5.41) is 4.08. The molecular formula is C19H24N2O2. The highest BCUT2D eigenvalue weighted by atomic mass is 16.5. The van der Waals surface area contributed by atoms with Crippen LogP contribution < -0.4 is 0 Å². The molecule has 3 rings (SSSR count). The molecule has 0 radical (unpaired) electrons. The Labute approximate surface area is 137 Å². The number of hydrogen-bond donors (Lipinski definition) is 0. The Morgan fingerprint density at radius 2 is 2.09 bits per heavy atom. The molecule has 2 heterocycles. The van der Waals surface area contributed by atoms with E-state index in [4.69, 9.17) is 4.52 Å². The molecule has 23 heavy (non-hydrogen) atoms. The Bertz CT molecular complexity index is 660. The first kappa shape index (κ1) is 15.8. The van der Waals surface area contributed by atoms with Crippen LogP contribution in [0.2, 0.25) is 0 Å². The summed E-state index contributed by atoms with van der Waals surface area (Å²) >= 11 is 0. The molecule has 1 aromatic heterocycles. The summed E-state index contributed by atoms with van der Waals surface area (Å²) in [6, 6.07) is 10.4. The van der Waals surface area contributed by atoms with Crippen molar-refractivity contribution in [3.05, 3.63) is 41.6 Å². The zero-order chi connectivity index (χ0) is 16.2. The van der Waals surface area contributed by atoms with Crippen LogP contribution in [0.5, 0.6) is 0 Å². The lowest BCUT2D eigenvalue weighted by Gasteiger charge is -2.35. The standard InChI is InChI=1S/C19H24N2O2/c1-3-17-6-4-5-11-21(17)19(22)13-16-12-18(23-20-16)15-9-7-14(2)8-10-15/h7-10,12,17H,3-6,11,13H2,1-2H3. The van der Waals surface area contributed by atoms with Gasteiger partial charge in [-0.15, -0.1) is 0 Å². The lowest BCUT2D eigenvalue weighted by Crippen LogP contribution is -2.44. The van der Waals surface area contributed by atoms with Crippen LogP contribution in [0.4, 0.5) is 0 Å². The van der Waals surface area contributed by atoms with Crippen molar-refractivity contribution in [2.45, 2.75) is 52.0 Å². The molecule has 1 amide bonds. The van der Waals surface area contributed by atoms with Gasteiger partial charge in [0.25, 0.3) is 0 Å². The molecule has 1 saturated heterocycles. The van der Waals surface area contributed by atoms with Crippen LogP contribution >= 0.6 is 0 Å². The van der Waals surface area contributed by atoms with Gasteiger partial charge in [0, 0.05) is 24.2 Å². The van der Waals surface area contributed by atoms with Crippen molar-refractivity contribution in [3.63, 3.8) is 0 Å². The van der Waals surface area contributed by atoms with Crippen molar-refractivity contribution in [1.82, 2.24) is 10.1 Å². The van der Waals surface area contributed by atoms with Crippen LogP contribution in [0.15, 0.2) is 34.9 Å². The third kappa shape index (κ3) is 3.63. The van der Waals surface area contributed by atoms with Crippen LogP contribution in [0.25, 0.3) is 11.3 Å². The first-order chi connectivity index (χ1) is 11.2. The largest absolute Gasteiger partial charge is 0.356 e. The molecule has 0 saturated carbocycles. The van der Waals surface area contributed by atoms with Crippen molar-refractivity contribution in [1.29, 1.82) is 0 Å². The minimum atomic E-state index is 0.167. The number of carbonyl (C=O) groups is 1. The molecule has 1 aliphatic rings. The number of carbonyl (C=O) groups excluding carboxylic acids is 1. The van der Waals surface area contributed by atoms with E-state index in [9.17, 15) is 4.79 Å². The molecule has 1 aliphatic heterocycles. The number of benzene rings is 1. The van der Waals surface area contributed by atoms with Crippen molar-refractivity contribution < 1.29 is 9.32 Å². The lowest BCUT2D eigenvalue weighted by molar-refractivity contribution is -0.134. The van der Waals surface area contributed by atoms with Gasteiger partial charge < -0.3 is 9.42 Å². The van der Waals surface area contributed by atoms with E-state index in [1.807, 2.05) is 35.2 Å². The number of rotatable bonds is 4.